The molecule has 4 rings (SSSR count). The summed E-state index contributed by atoms with van der Waals surface area (Å²) in [6, 6.07) is 15.6. The van der Waals surface area contributed by atoms with E-state index in [1.165, 1.54) is 22.9 Å². The Morgan fingerprint density at radius 1 is 1.24 bits per heavy atom. The molecule has 0 unspecified atom stereocenters. The minimum absolute atomic E-state index is 0.0491. The summed E-state index contributed by atoms with van der Waals surface area (Å²) >= 11 is 1.29. The van der Waals surface area contributed by atoms with Gasteiger partial charge in [-0.05, 0) is 42.5 Å². The summed E-state index contributed by atoms with van der Waals surface area (Å²) in [5.41, 5.74) is 3.05. The number of thioether (sulfide) groups is 1. The normalized spacial score (nSPS) is 15.7. The van der Waals surface area contributed by atoms with Crippen molar-refractivity contribution in [3.63, 3.8) is 0 Å². The van der Waals surface area contributed by atoms with Gasteiger partial charge in [-0.15, -0.1) is 6.58 Å². The first-order valence-corrected chi connectivity index (χ1v) is 10.8. The van der Waals surface area contributed by atoms with Gasteiger partial charge in [-0.3, -0.25) is 14.2 Å². The predicted octanol–water partition coefficient (Wildman–Crippen LogP) is 3.87. The third-order valence-corrected chi connectivity index (χ3v) is 6.15. The van der Waals surface area contributed by atoms with Gasteiger partial charge >= 0.3 is 0 Å². The summed E-state index contributed by atoms with van der Waals surface area (Å²) < 4.78 is 1.57. The molecule has 1 aliphatic carbocycles. The van der Waals surface area contributed by atoms with E-state index in [1.807, 2.05) is 30.3 Å². The molecule has 0 saturated carbocycles. The quantitative estimate of drug-likeness (QED) is 0.384. The maximum Gasteiger partial charge on any atom is 0.262 e. The fraction of sp³-hybridized carbons (Fsp3) is 0.261. The second-order valence-corrected chi connectivity index (χ2v) is 8.06. The topological polar surface area (TPSA) is 64.0 Å². The largest absolute Gasteiger partial charge is 0.349 e. The van der Waals surface area contributed by atoms with Gasteiger partial charge in [0.05, 0.1) is 22.7 Å². The minimum atomic E-state index is -0.111. The number of fused-ring (bicyclic) bond motifs is 2. The van der Waals surface area contributed by atoms with Gasteiger partial charge in [0.25, 0.3) is 5.56 Å². The van der Waals surface area contributed by atoms with Crippen molar-refractivity contribution in [3.8, 4) is 0 Å². The standard InChI is InChI=1S/C23H23N3O2S/c1-2-14-26-22(28)18-11-5-6-12-20(18)25-23(26)29-15-21(27)24-19-13-7-9-16-8-3-4-10-17(16)19/h2-6,8,10-12,19H,1,7,9,13-15H2,(H,24,27)/t19-/m1/s1. The molecule has 1 heterocycles. The summed E-state index contributed by atoms with van der Waals surface area (Å²) in [4.78, 5) is 30.1. The summed E-state index contributed by atoms with van der Waals surface area (Å²) in [6.45, 7) is 4.09. The molecule has 29 heavy (non-hydrogen) atoms. The van der Waals surface area contributed by atoms with Crippen LogP contribution >= 0.6 is 11.8 Å². The zero-order valence-corrected chi connectivity index (χ0v) is 17.0. The van der Waals surface area contributed by atoms with E-state index >= 15 is 0 Å². The lowest BCUT2D eigenvalue weighted by atomic mass is 9.88. The van der Waals surface area contributed by atoms with Crippen LogP contribution in [0.3, 0.4) is 0 Å². The van der Waals surface area contributed by atoms with Crippen LogP contribution in [0, 0.1) is 0 Å². The van der Waals surface area contributed by atoms with Gasteiger partial charge in [0.2, 0.25) is 5.91 Å². The van der Waals surface area contributed by atoms with E-state index in [1.54, 1.807) is 16.7 Å². The van der Waals surface area contributed by atoms with Crippen molar-refractivity contribution >= 4 is 28.6 Å². The number of aryl methyl sites for hydroxylation is 1. The molecule has 0 spiro atoms. The molecule has 148 valence electrons. The van der Waals surface area contributed by atoms with E-state index in [-0.39, 0.29) is 23.3 Å². The molecular weight excluding hydrogens is 382 g/mol. The number of nitrogens with one attached hydrogen (secondary N) is 1. The van der Waals surface area contributed by atoms with Crippen LogP contribution in [0.15, 0.2) is 71.1 Å². The third-order valence-electron chi connectivity index (χ3n) is 5.18. The van der Waals surface area contributed by atoms with Gasteiger partial charge in [-0.25, -0.2) is 4.98 Å². The fourth-order valence-electron chi connectivity index (χ4n) is 3.82. The molecule has 0 saturated heterocycles. The Kier molecular flexibility index (Phi) is 5.81. The first-order valence-electron chi connectivity index (χ1n) is 9.78. The number of para-hydroxylation sites is 1. The minimum Gasteiger partial charge on any atom is -0.349 e. The SMILES string of the molecule is C=CCn1c(SCC(=O)N[C@@H]2CCCc3ccccc32)nc2ccccc2c1=O. The first kappa shape index (κ1) is 19.5. The van der Waals surface area contributed by atoms with Crippen molar-refractivity contribution in [1.82, 2.24) is 14.9 Å². The van der Waals surface area contributed by atoms with Crippen LogP contribution in [0.1, 0.15) is 30.0 Å². The lowest BCUT2D eigenvalue weighted by molar-refractivity contribution is -0.119. The number of hydrogen-bond acceptors (Lipinski definition) is 4. The second kappa shape index (κ2) is 8.66. The van der Waals surface area contributed by atoms with Crippen molar-refractivity contribution in [3.05, 3.63) is 82.7 Å². The average molecular weight is 406 g/mol. The van der Waals surface area contributed by atoms with Gasteiger partial charge in [0.1, 0.15) is 0 Å². The van der Waals surface area contributed by atoms with Gasteiger partial charge in [-0.1, -0.05) is 54.2 Å². The van der Waals surface area contributed by atoms with Crippen LogP contribution in [-0.2, 0) is 17.8 Å². The van der Waals surface area contributed by atoms with Gasteiger partial charge < -0.3 is 5.32 Å². The highest BCUT2D eigenvalue weighted by molar-refractivity contribution is 7.99. The number of benzene rings is 2. The molecule has 6 heteroatoms. The van der Waals surface area contributed by atoms with Gasteiger partial charge in [0, 0.05) is 6.54 Å². The monoisotopic (exact) mass is 405 g/mol. The highest BCUT2D eigenvalue weighted by atomic mass is 32.2. The molecule has 2 aromatic carbocycles. The molecule has 0 fully saturated rings. The Morgan fingerprint density at radius 3 is 2.90 bits per heavy atom. The summed E-state index contributed by atoms with van der Waals surface area (Å²) in [6.07, 6.45) is 4.75. The van der Waals surface area contributed by atoms with Crippen molar-refractivity contribution in [2.24, 2.45) is 0 Å². The molecule has 5 nitrogen and oxygen atoms in total. The third kappa shape index (κ3) is 4.12. The van der Waals surface area contributed by atoms with Gasteiger partial charge in [0.15, 0.2) is 5.16 Å². The Hall–Kier alpha value is -2.86. The van der Waals surface area contributed by atoms with Crippen LogP contribution in [0.5, 0.6) is 0 Å². The van der Waals surface area contributed by atoms with Crippen LogP contribution in [0.4, 0.5) is 0 Å². The van der Waals surface area contributed by atoms with Crippen molar-refractivity contribution in [2.45, 2.75) is 37.0 Å². The smallest absolute Gasteiger partial charge is 0.262 e. The Labute approximate surface area is 173 Å². The molecule has 1 amide bonds. The van der Waals surface area contributed by atoms with Crippen LogP contribution < -0.4 is 10.9 Å². The highest BCUT2D eigenvalue weighted by Crippen LogP contribution is 2.29. The molecule has 1 aromatic heterocycles. The molecule has 1 N–H and O–H groups in total. The molecule has 1 atom stereocenters. The lowest BCUT2D eigenvalue weighted by Gasteiger charge is -2.26. The van der Waals surface area contributed by atoms with Gasteiger partial charge in [-0.2, -0.15) is 0 Å². The maximum atomic E-state index is 12.8. The van der Waals surface area contributed by atoms with Crippen LogP contribution in [-0.4, -0.2) is 21.2 Å². The van der Waals surface area contributed by atoms with E-state index < -0.39 is 0 Å². The van der Waals surface area contributed by atoms with E-state index in [0.29, 0.717) is 22.6 Å². The van der Waals surface area contributed by atoms with Crippen molar-refractivity contribution < 1.29 is 4.79 Å². The number of aromatic nitrogens is 2. The Morgan fingerprint density at radius 2 is 2.03 bits per heavy atom. The average Bonchev–Trinajstić information content (AvgIpc) is 2.75. The molecule has 0 bridgehead atoms. The maximum absolute atomic E-state index is 12.8. The Bertz CT molecular complexity index is 1120. The second-order valence-electron chi connectivity index (χ2n) is 7.12. The molecule has 0 radical (unpaired) electrons. The first-order chi connectivity index (χ1) is 14.2. The number of hydrogen-bond donors (Lipinski definition) is 1. The van der Waals surface area contributed by atoms with Crippen molar-refractivity contribution in [1.29, 1.82) is 0 Å². The zero-order chi connectivity index (χ0) is 20.2. The molecular formula is C23H23N3O2S. The number of allylic oxidation sites excluding steroid dienone is 1. The predicted molar refractivity (Wildman–Crippen MR) is 117 cm³/mol. The number of carbonyl (C=O) groups excluding carboxylic acids is 1. The summed E-state index contributed by atoms with van der Waals surface area (Å²) in [7, 11) is 0. The van der Waals surface area contributed by atoms with E-state index in [4.69, 9.17) is 0 Å². The fourth-order valence-corrected chi connectivity index (χ4v) is 4.64. The van der Waals surface area contributed by atoms with E-state index in [9.17, 15) is 9.59 Å². The highest BCUT2D eigenvalue weighted by Gasteiger charge is 2.21. The summed E-state index contributed by atoms with van der Waals surface area (Å²) in [5.74, 6) is 0.157. The number of rotatable bonds is 6. The van der Waals surface area contributed by atoms with Crippen molar-refractivity contribution in [2.75, 3.05) is 5.75 Å². The number of nitrogens with zero attached hydrogens (tertiary/aromatic N) is 2. The number of carbonyl (C=O) groups is 1. The van der Waals surface area contributed by atoms with E-state index in [2.05, 4.69) is 29.0 Å². The molecule has 0 aliphatic heterocycles. The zero-order valence-electron chi connectivity index (χ0n) is 16.1. The Balaban J connectivity index is 1.51. The van der Waals surface area contributed by atoms with E-state index in [0.717, 1.165) is 19.3 Å². The lowest BCUT2D eigenvalue weighted by Crippen LogP contribution is -2.32. The number of amides is 1. The van der Waals surface area contributed by atoms with Crippen LogP contribution in [0.25, 0.3) is 10.9 Å². The van der Waals surface area contributed by atoms with Crippen LogP contribution in [0.2, 0.25) is 0 Å². The summed E-state index contributed by atoms with van der Waals surface area (Å²) in [5, 5.41) is 4.26. The molecule has 3 aromatic rings. The molecule has 1 aliphatic rings.